The highest BCUT2D eigenvalue weighted by Crippen LogP contribution is 2.34. The number of fused-ring (bicyclic) bond motifs is 6. The molecule has 33 nitrogen and oxygen atoms in total. The molecule has 7 aliphatic heterocycles. The number of nitrogens with one attached hydrogen (secondary N) is 5. The van der Waals surface area contributed by atoms with Gasteiger partial charge in [0.05, 0.1) is 36.7 Å². The monoisotopic (exact) mass is 1680 g/mol. The van der Waals surface area contributed by atoms with Crippen molar-refractivity contribution in [1.82, 2.24) is 68.8 Å². The first-order chi connectivity index (χ1) is 61.2. The number of hydroxylamine groups is 2. The fourth-order valence-corrected chi connectivity index (χ4v) is 16.3. The van der Waals surface area contributed by atoms with Crippen molar-refractivity contribution in [1.29, 1.82) is 0 Å². The summed E-state index contributed by atoms with van der Waals surface area (Å²) in [7, 11) is 0. The number of rotatable bonds is 26. The number of carbonyl (C=O) groups is 6. The van der Waals surface area contributed by atoms with Gasteiger partial charge < -0.3 is 68.4 Å². The normalized spacial score (nSPS) is 15.7. The molecular weight excluding hydrogens is 1590 g/mol. The van der Waals surface area contributed by atoms with E-state index in [4.69, 9.17) is 34.8 Å². The quantitative estimate of drug-likeness (QED) is 0.0196. The number of aromatic nitrogens is 9. The first kappa shape index (κ1) is 83.0. The van der Waals surface area contributed by atoms with Crippen molar-refractivity contribution in [2.75, 3.05) is 116 Å². The Morgan fingerprint density at radius 3 is 1.10 bits per heavy atom. The lowest BCUT2D eigenvalue weighted by Gasteiger charge is -2.36. The number of anilines is 9. The molecule has 0 bridgehead atoms. The molecule has 12 aromatic rings. The molecule has 0 saturated carbocycles. The number of piperazine rings is 3. The molecule has 13 heterocycles. The number of nitrogens with zero attached hydrogens (tertiary/aromatic N) is 18. The van der Waals surface area contributed by atoms with Crippen LogP contribution in [0.4, 0.5) is 51.6 Å². The van der Waals surface area contributed by atoms with E-state index >= 15 is 0 Å². The summed E-state index contributed by atoms with van der Waals surface area (Å²) in [4.78, 5) is 131. The van der Waals surface area contributed by atoms with Crippen molar-refractivity contribution < 1.29 is 48.7 Å². The lowest BCUT2D eigenvalue weighted by molar-refractivity contribution is -0.200. The van der Waals surface area contributed by atoms with Gasteiger partial charge in [-0.15, -0.1) is 0 Å². The van der Waals surface area contributed by atoms with Crippen molar-refractivity contribution in [3.63, 3.8) is 0 Å². The number of benzene rings is 6. The summed E-state index contributed by atoms with van der Waals surface area (Å²) in [5.41, 5.74) is 25.0. The Balaban J connectivity index is 0.000000133. The summed E-state index contributed by atoms with van der Waals surface area (Å²) in [5, 5.41) is 27.7. The Morgan fingerprint density at radius 2 is 0.768 bits per heavy atom. The maximum atomic E-state index is 12.8. The van der Waals surface area contributed by atoms with Crippen LogP contribution in [0.5, 0.6) is 0 Å². The van der Waals surface area contributed by atoms with Crippen molar-refractivity contribution in [3.05, 3.63) is 217 Å². The zero-order valence-electron chi connectivity index (χ0n) is 69.1. The van der Waals surface area contributed by atoms with Crippen molar-refractivity contribution in [3.8, 4) is 33.8 Å². The summed E-state index contributed by atoms with van der Waals surface area (Å²) >= 11 is 0. The van der Waals surface area contributed by atoms with Crippen molar-refractivity contribution >= 4 is 123 Å². The molecule has 640 valence electrons. The molecule has 33 heteroatoms. The Bertz CT molecular complexity index is 6000. The van der Waals surface area contributed by atoms with Gasteiger partial charge in [-0.3, -0.25) is 49.0 Å². The van der Waals surface area contributed by atoms with Crippen LogP contribution in [-0.4, -0.2) is 214 Å². The van der Waals surface area contributed by atoms with Crippen LogP contribution in [0.1, 0.15) is 110 Å². The molecule has 4 saturated heterocycles. The Labute approximate surface area is 720 Å². The van der Waals surface area contributed by atoms with E-state index in [9.17, 15) is 28.8 Å². The highest BCUT2D eigenvalue weighted by atomic mass is 16.8. The number of amides is 5. The van der Waals surface area contributed by atoms with Crippen molar-refractivity contribution in [2.45, 2.75) is 103 Å². The van der Waals surface area contributed by atoms with E-state index in [0.717, 1.165) is 160 Å². The third kappa shape index (κ3) is 20.4. The topological polar surface area (TPSA) is 369 Å². The SMILES string of the molecule is O=C(CCCC(=O)N1CCN(c2ccc(Nc3nc(-c4ccc5c(c4)CN=C5)cn4ccnc34)cc2)CC1)NO.O=C(CCCC(=O)N1CCN(c2ccc(Nc3nc(-c4ccc5c(c4)CN=C5)cn4ccnc34)cc2)CC1)NOC1CCCCO1.O=C(O)CCCC(=O)N1CCN(c2ccc(Nc3nc(-c4ccc5c(c4)CN=C5)cn4ccnc34)cc2)CC1. The molecule has 7 aliphatic rings. The van der Waals surface area contributed by atoms with E-state index in [0.29, 0.717) is 115 Å². The van der Waals surface area contributed by atoms with E-state index < -0.39 is 11.9 Å². The number of carbonyl (C=O) groups excluding carboxylic acids is 5. The van der Waals surface area contributed by atoms with Crippen LogP contribution in [-0.2, 0) is 58.0 Å². The molecule has 125 heavy (non-hydrogen) atoms. The molecule has 0 spiro atoms. The second-order valence-electron chi connectivity index (χ2n) is 31.6. The Morgan fingerprint density at radius 1 is 0.416 bits per heavy atom. The number of aliphatic carboxylic acids is 1. The highest BCUT2D eigenvalue weighted by molar-refractivity contribution is 5.89. The van der Waals surface area contributed by atoms with Crippen LogP contribution >= 0.6 is 0 Å². The first-order valence-corrected chi connectivity index (χ1v) is 42.5. The van der Waals surface area contributed by atoms with Gasteiger partial charge in [0.25, 0.3) is 0 Å². The average molecular weight is 1680 g/mol. The van der Waals surface area contributed by atoms with Gasteiger partial charge in [0, 0.05) is 255 Å². The fourth-order valence-electron chi connectivity index (χ4n) is 16.3. The van der Waals surface area contributed by atoms with Gasteiger partial charge >= 0.3 is 5.97 Å². The molecule has 7 N–H and O–H groups in total. The van der Waals surface area contributed by atoms with Gasteiger partial charge in [-0.05, 0) is 156 Å². The maximum Gasteiger partial charge on any atom is 0.303 e. The fraction of sp³-hybridized carbons (Fsp3) is 0.315. The van der Waals surface area contributed by atoms with E-state index in [-0.39, 0.29) is 55.6 Å². The predicted octanol–water partition coefficient (Wildman–Crippen LogP) is 11.8. The van der Waals surface area contributed by atoms with Gasteiger partial charge in [-0.25, -0.2) is 45.7 Å². The lowest BCUT2D eigenvalue weighted by atomic mass is 10.0. The van der Waals surface area contributed by atoms with Crippen LogP contribution < -0.4 is 41.6 Å². The summed E-state index contributed by atoms with van der Waals surface area (Å²) in [6.45, 7) is 11.0. The third-order valence-electron chi connectivity index (χ3n) is 23.2. The first-order valence-electron chi connectivity index (χ1n) is 42.5. The summed E-state index contributed by atoms with van der Waals surface area (Å²) in [5.74, 6) is 0.631. The summed E-state index contributed by atoms with van der Waals surface area (Å²) in [6, 6.07) is 43.6. The van der Waals surface area contributed by atoms with Gasteiger partial charge in [0.15, 0.2) is 40.7 Å². The molecule has 1 atom stereocenters. The maximum absolute atomic E-state index is 12.8. The molecule has 6 aromatic heterocycles. The van der Waals surface area contributed by atoms with E-state index in [1.165, 1.54) is 16.7 Å². The van der Waals surface area contributed by atoms with E-state index in [2.05, 4.69) is 157 Å². The molecule has 19 rings (SSSR count). The standard InChI is InChI=1S/C34H38N8O4.C29H30N8O3.C29H29N7O3/c43-30(39-46-32-6-1-2-19-45-32)4-3-5-31(44)41-17-15-40(16-18-41)28-11-9-27(10-12-28)37-33-34-36-13-14-42(34)23-29(38-33)24-7-8-25-21-35-22-26(25)20-24;38-26(34-40)2-1-3-27(39)36-14-12-35(13-15-36)24-8-6-23(7-9-24)32-28-29-31-10-11-37(29)19-25(33-28)20-4-5-21-17-30-18-22(21)16-20;37-26(2-1-3-27(38)39)35-14-12-34(13-15-35)24-8-6-23(7-9-24)32-28-29-31-10-11-36(29)19-25(33-28)20-4-5-21-17-30-18-22(21)16-20/h7-14,20-21,23,32H,1-6,15-19,22H2,(H,37,38)(H,39,43);4-11,16-17,19,40H,1-3,12-15,18H2,(H,32,33)(H,34,38);4-11,16-17,19H,1-3,12-15,18H2,(H,32,33)(H,38,39). The number of imidazole rings is 3. The van der Waals surface area contributed by atoms with Gasteiger partial charge in [0.1, 0.15) is 0 Å². The minimum Gasteiger partial charge on any atom is -0.481 e. The minimum absolute atomic E-state index is 0.0292. The molecule has 5 amide bonds. The highest BCUT2D eigenvalue weighted by Gasteiger charge is 2.27. The van der Waals surface area contributed by atoms with Gasteiger partial charge in [-0.1, -0.05) is 36.4 Å². The largest absolute Gasteiger partial charge is 0.481 e. The number of hydrogen-bond acceptors (Lipinski definition) is 24. The van der Waals surface area contributed by atoms with Crippen LogP contribution in [0, 0.1) is 0 Å². The second kappa shape index (κ2) is 38.8. The predicted molar refractivity (Wildman–Crippen MR) is 477 cm³/mol. The Kier molecular flexibility index (Phi) is 25.8. The Hall–Kier alpha value is -14.3. The molecule has 6 aromatic carbocycles. The number of ether oxygens (including phenoxy) is 1. The number of aliphatic imine (C=N–C) groups is 3. The zero-order valence-corrected chi connectivity index (χ0v) is 69.1. The molecule has 0 aliphatic carbocycles. The molecule has 0 radical (unpaired) electrons. The van der Waals surface area contributed by atoms with Crippen LogP contribution in [0.25, 0.3) is 50.7 Å². The average Bonchev–Trinajstić information content (AvgIpc) is 1.68. The zero-order chi connectivity index (χ0) is 85.5. The number of hydrogen-bond donors (Lipinski definition) is 7. The number of carboxylic acid groups (broad SMARTS) is 1. The minimum atomic E-state index is -0.863. The number of carboxylic acids is 1. The smallest absolute Gasteiger partial charge is 0.303 e. The van der Waals surface area contributed by atoms with Crippen LogP contribution in [0.3, 0.4) is 0 Å². The van der Waals surface area contributed by atoms with Gasteiger partial charge in [0.2, 0.25) is 29.5 Å². The molecular formula is C92H97N23O10. The molecule has 4 fully saturated rings. The summed E-state index contributed by atoms with van der Waals surface area (Å²) in [6.07, 6.45) is 27.9. The van der Waals surface area contributed by atoms with Crippen LogP contribution in [0.15, 0.2) is 198 Å². The van der Waals surface area contributed by atoms with Gasteiger partial charge in [-0.2, -0.15) is 0 Å². The van der Waals surface area contributed by atoms with E-state index in [1.54, 1.807) is 24.1 Å². The third-order valence-corrected chi connectivity index (χ3v) is 23.2. The molecule has 1 unspecified atom stereocenters. The second-order valence-corrected chi connectivity index (χ2v) is 31.6. The van der Waals surface area contributed by atoms with E-state index in [1.807, 2.05) is 120 Å². The van der Waals surface area contributed by atoms with Crippen molar-refractivity contribution in [2.24, 2.45) is 15.0 Å². The lowest BCUT2D eigenvalue weighted by Crippen LogP contribution is -2.48. The summed E-state index contributed by atoms with van der Waals surface area (Å²) < 4.78 is 11.4. The van der Waals surface area contributed by atoms with Crippen LogP contribution in [0.2, 0.25) is 0 Å².